The summed E-state index contributed by atoms with van der Waals surface area (Å²) in [5, 5.41) is 14.9. The molecule has 2 rings (SSSR count). The van der Waals surface area contributed by atoms with Crippen LogP contribution in [0.15, 0.2) is 39.9 Å². The first kappa shape index (κ1) is 13.8. The maximum absolute atomic E-state index is 10.7. The number of nitro groups is 1. The van der Waals surface area contributed by atoms with Gasteiger partial charge in [-0.15, -0.1) is 0 Å². The molecule has 6 heteroatoms. The summed E-state index contributed by atoms with van der Waals surface area (Å²) >= 11 is 0. The molecule has 0 spiro atoms. The molecule has 2 aromatic rings. The average Bonchev–Trinajstić information content (AvgIpc) is 2.75. The number of benzene rings is 1. The lowest BCUT2D eigenvalue weighted by Crippen LogP contribution is -2.00. The summed E-state index contributed by atoms with van der Waals surface area (Å²) in [6.07, 6.45) is 0. The van der Waals surface area contributed by atoms with Crippen LogP contribution in [0.25, 0.3) is 0 Å². The van der Waals surface area contributed by atoms with Crippen LogP contribution in [0, 0.1) is 24.0 Å². The van der Waals surface area contributed by atoms with Crippen LogP contribution in [0.2, 0.25) is 0 Å². The van der Waals surface area contributed by atoms with E-state index in [9.17, 15) is 10.1 Å². The molecule has 0 saturated carbocycles. The van der Waals surface area contributed by atoms with Crippen LogP contribution in [0.4, 0.5) is 11.4 Å². The van der Waals surface area contributed by atoms with Gasteiger partial charge in [-0.05, 0) is 32.9 Å². The van der Waals surface area contributed by atoms with E-state index in [1.165, 1.54) is 12.1 Å². The van der Waals surface area contributed by atoms with Crippen LogP contribution in [0.1, 0.15) is 24.0 Å². The number of anilines is 1. The number of rotatable bonds is 4. The van der Waals surface area contributed by atoms with Crippen molar-refractivity contribution in [2.75, 3.05) is 5.43 Å². The SMILES string of the molecule is C/C(=N/Nc1cccc([N+](=O)[O-])c1)c1cc(C)oc1C. The quantitative estimate of drug-likeness (QED) is 0.524. The fourth-order valence-electron chi connectivity index (χ4n) is 1.89. The first-order valence-corrected chi connectivity index (χ1v) is 6.09. The Kier molecular flexibility index (Phi) is 3.84. The number of hydrogen-bond acceptors (Lipinski definition) is 5. The van der Waals surface area contributed by atoms with Crippen molar-refractivity contribution in [1.82, 2.24) is 0 Å². The first-order chi connectivity index (χ1) is 9.47. The monoisotopic (exact) mass is 273 g/mol. The van der Waals surface area contributed by atoms with Gasteiger partial charge in [0.2, 0.25) is 0 Å². The zero-order chi connectivity index (χ0) is 14.7. The number of nitro benzene ring substituents is 1. The van der Waals surface area contributed by atoms with Crippen LogP contribution >= 0.6 is 0 Å². The third kappa shape index (κ3) is 3.03. The van der Waals surface area contributed by atoms with Crippen LogP contribution < -0.4 is 5.43 Å². The normalized spacial score (nSPS) is 11.4. The van der Waals surface area contributed by atoms with E-state index < -0.39 is 4.92 Å². The number of furan rings is 1. The maximum Gasteiger partial charge on any atom is 0.271 e. The predicted octanol–water partition coefficient (Wildman–Crippen LogP) is 3.64. The molecule has 104 valence electrons. The number of nitrogens with one attached hydrogen (secondary N) is 1. The molecule has 0 bridgehead atoms. The minimum absolute atomic E-state index is 0.0261. The standard InChI is InChI=1S/C14H15N3O3/c1-9-7-14(11(3)20-9)10(2)15-16-12-5-4-6-13(8-12)17(18)19/h4-8,16H,1-3H3/b15-10-. The summed E-state index contributed by atoms with van der Waals surface area (Å²) in [5.41, 5.74) is 5.08. The molecule has 0 atom stereocenters. The Labute approximate surface area is 116 Å². The van der Waals surface area contributed by atoms with E-state index in [1.807, 2.05) is 26.8 Å². The molecule has 0 aliphatic carbocycles. The topological polar surface area (TPSA) is 80.7 Å². The van der Waals surface area contributed by atoms with Gasteiger partial charge < -0.3 is 4.42 Å². The third-order valence-electron chi connectivity index (χ3n) is 2.84. The van der Waals surface area contributed by atoms with E-state index in [-0.39, 0.29) is 5.69 Å². The number of hydrogen-bond donors (Lipinski definition) is 1. The zero-order valence-corrected chi connectivity index (χ0v) is 11.5. The maximum atomic E-state index is 10.7. The minimum Gasteiger partial charge on any atom is -0.466 e. The highest BCUT2D eigenvalue weighted by atomic mass is 16.6. The van der Waals surface area contributed by atoms with Crippen molar-refractivity contribution in [3.63, 3.8) is 0 Å². The summed E-state index contributed by atoms with van der Waals surface area (Å²) in [5.74, 6) is 1.62. The lowest BCUT2D eigenvalue weighted by molar-refractivity contribution is -0.384. The fraction of sp³-hybridized carbons (Fsp3) is 0.214. The van der Waals surface area contributed by atoms with E-state index in [1.54, 1.807) is 12.1 Å². The summed E-state index contributed by atoms with van der Waals surface area (Å²) in [6.45, 7) is 5.59. The molecule has 0 unspecified atom stereocenters. The highest BCUT2D eigenvalue weighted by molar-refractivity contribution is 6.00. The fourth-order valence-corrected chi connectivity index (χ4v) is 1.89. The van der Waals surface area contributed by atoms with E-state index in [2.05, 4.69) is 10.5 Å². The Bertz CT molecular complexity index is 674. The van der Waals surface area contributed by atoms with Gasteiger partial charge in [0.1, 0.15) is 11.5 Å². The van der Waals surface area contributed by atoms with Crippen LogP contribution in [-0.4, -0.2) is 10.6 Å². The van der Waals surface area contributed by atoms with Gasteiger partial charge in [-0.2, -0.15) is 5.10 Å². The molecule has 1 aromatic heterocycles. The minimum atomic E-state index is -0.439. The van der Waals surface area contributed by atoms with Crippen molar-refractivity contribution in [2.24, 2.45) is 5.10 Å². The molecule has 20 heavy (non-hydrogen) atoms. The van der Waals surface area contributed by atoms with E-state index in [0.29, 0.717) is 5.69 Å². The molecule has 0 radical (unpaired) electrons. The summed E-state index contributed by atoms with van der Waals surface area (Å²) in [4.78, 5) is 10.3. The lowest BCUT2D eigenvalue weighted by Gasteiger charge is -2.02. The molecule has 1 heterocycles. The molecule has 6 nitrogen and oxygen atoms in total. The van der Waals surface area contributed by atoms with E-state index >= 15 is 0 Å². The Morgan fingerprint density at radius 1 is 1.35 bits per heavy atom. The van der Waals surface area contributed by atoms with Crippen LogP contribution in [0.5, 0.6) is 0 Å². The summed E-state index contributed by atoms with van der Waals surface area (Å²) in [6, 6.07) is 8.11. The zero-order valence-electron chi connectivity index (χ0n) is 11.5. The van der Waals surface area contributed by atoms with Crippen molar-refractivity contribution in [1.29, 1.82) is 0 Å². The van der Waals surface area contributed by atoms with Gasteiger partial charge in [-0.1, -0.05) is 6.07 Å². The molecule has 1 aromatic carbocycles. The lowest BCUT2D eigenvalue weighted by atomic mass is 10.2. The van der Waals surface area contributed by atoms with Gasteiger partial charge in [-0.3, -0.25) is 15.5 Å². The van der Waals surface area contributed by atoms with Crippen molar-refractivity contribution >= 4 is 17.1 Å². The van der Waals surface area contributed by atoms with E-state index in [0.717, 1.165) is 22.8 Å². The Morgan fingerprint density at radius 2 is 2.10 bits per heavy atom. The molecule has 0 fully saturated rings. The largest absolute Gasteiger partial charge is 0.466 e. The molecule has 1 N–H and O–H groups in total. The van der Waals surface area contributed by atoms with Gasteiger partial charge >= 0.3 is 0 Å². The molecule has 0 aliphatic heterocycles. The van der Waals surface area contributed by atoms with Crippen LogP contribution in [-0.2, 0) is 0 Å². The van der Waals surface area contributed by atoms with Crippen molar-refractivity contribution in [3.05, 3.63) is 57.5 Å². The second-order valence-electron chi connectivity index (χ2n) is 4.44. The highest BCUT2D eigenvalue weighted by Gasteiger charge is 2.08. The molecule has 0 amide bonds. The summed E-state index contributed by atoms with van der Waals surface area (Å²) in [7, 11) is 0. The van der Waals surface area contributed by atoms with Gasteiger partial charge in [0.15, 0.2) is 0 Å². The molecule has 0 aliphatic rings. The second-order valence-corrected chi connectivity index (χ2v) is 4.44. The van der Waals surface area contributed by atoms with Gasteiger partial charge in [0.25, 0.3) is 5.69 Å². The first-order valence-electron chi connectivity index (χ1n) is 6.09. The Morgan fingerprint density at radius 3 is 2.70 bits per heavy atom. The Balaban J connectivity index is 2.18. The Hall–Kier alpha value is -2.63. The van der Waals surface area contributed by atoms with Gasteiger partial charge in [0.05, 0.1) is 16.3 Å². The molecule has 0 saturated heterocycles. The number of non-ortho nitro benzene ring substituents is 1. The number of aryl methyl sites for hydroxylation is 2. The van der Waals surface area contributed by atoms with Gasteiger partial charge in [-0.25, -0.2) is 0 Å². The van der Waals surface area contributed by atoms with Crippen LogP contribution in [0.3, 0.4) is 0 Å². The molecular weight excluding hydrogens is 258 g/mol. The van der Waals surface area contributed by atoms with Gasteiger partial charge in [0, 0.05) is 17.7 Å². The third-order valence-corrected chi connectivity index (χ3v) is 2.84. The van der Waals surface area contributed by atoms with Crippen molar-refractivity contribution < 1.29 is 9.34 Å². The van der Waals surface area contributed by atoms with Crippen molar-refractivity contribution in [2.45, 2.75) is 20.8 Å². The smallest absolute Gasteiger partial charge is 0.271 e. The van der Waals surface area contributed by atoms with E-state index in [4.69, 9.17) is 4.42 Å². The van der Waals surface area contributed by atoms with Crippen molar-refractivity contribution in [3.8, 4) is 0 Å². The second kappa shape index (κ2) is 5.56. The predicted molar refractivity (Wildman–Crippen MR) is 77.1 cm³/mol. The number of hydrazone groups is 1. The average molecular weight is 273 g/mol. The molecular formula is C14H15N3O3. The number of nitrogens with zero attached hydrogens (tertiary/aromatic N) is 2. The highest BCUT2D eigenvalue weighted by Crippen LogP contribution is 2.18. The summed E-state index contributed by atoms with van der Waals surface area (Å²) < 4.78 is 5.44.